The van der Waals surface area contributed by atoms with E-state index in [9.17, 15) is 14.4 Å². The van der Waals surface area contributed by atoms with Crippen molar-refractivity contribution in [3.8, 4) is 0 Å². The van der Waals surface area contributed by atoms with E-state index in [1.54, 1.807) is 0 Å². The zero-order chi connectivity index (χ0) is 12.3. The molecular weight excluding hydrogens is 220 g/mol. The lowest BCUT2D eigenvalue weighted by Gasteiger charge is -2.24. The van der Waals surface area contributed by atoms with E-state index in [4.69, 9.17) is 0 Å². The summed E-state index contributed by atoms with van der Waals surface area (Å²) >= 11 is 0. The Hall–Kier alpha value is -1.65. The summed E-state index contributed by atoms with van der Waals surface area (Å²) in [6, 6.07) is -0.550. The number of imide groups is 1. The molecule has 17 heavy (non-hydrogen) atoms. The Morgan fingerprint density at radius 3 is 2.76 bits per heavy atom. The van der Waals surface area contributed by atoms with Crippen LogP contribution in [0, 0.1) is 5.92 Å². The number of allylic oxidation sites excluding steroid dienone is 2. The van der Waals surface area contributed by atoms with Gasteiger partial charge in [-0.25, -0.2) is 0 Å². The van der Waals surface area contributed by atoms with Gasteiger partial charge < -0.3 is 5.32 Å². The third kappa shape index (κ3) is 2.93. The van der Waals surface area contributed by atoms with Crippen molar-refractivity contribution in [3.63, 3.8) is 0 Å². The number of amides is 3. The molecule has 2 atom stereocenters. The number of carbonyl (C=O) groups excluding carboxylic acids is 3. The Balaban J connectivity index is 1.87. The fraction of sp³-hybridized carbons (Fsp3) is 0.583. The molecule has 5 nitrogen and oxygen atoms in total. The van der Waals surface area contributed by atoms with E-state index >= 15 is 0 Å². The van der Waals surface area contributed by atoms with Gasteiger partial charge >= 0.3 is 0 Å². The SMILES string of the molecule is O=C1CC[C@H](NC(=O)[C@@H]2CC=CCC2)C(=O)N1. The maximum atomic E-state index is 11.9. The predicted octanol–water partition coefficient (Wildman–Crippen LogP) is 0.264. The topological polar surface area (TPSA) is 75.3 Å². The van der Waals surface area contributed by atoms with Crippen molar-refractivity contribution in [2.24, 2.45) is 5.92 Å². The third-order valence-corrected chi connectivity index (χ3v) is 3.20. The second-order valence-electron chi connectivity index (χ2n) is 4.49. The van der Waals surface area contributed by atoms with Crippen molar-refractivity contribution in [2.45, 2.75) is 38.1 Å². The fourth-order valence-corrected chi connectivity index (χ4v) is 2.15. The molecule has 1 fully saturated rings. The second-order valence-corrected chi connectivity index (χ2v) is 4.49. The van der Waals surface area contributed by atoms with Gasteiger partial charge in [0.1, 0.15) is 6.04 Å². The van der Waals surface area contributed by atoms with Crippen LogP contribution >= 0.6 is 0 Å². The second kappa shape index (κ2) is 5.12. The standard InChI is InChI=1S/C12H16N2O3/c15-10-7-6-9(12(17)14-10)13-11(16)8-4-2-1-3-5-8/h1-2,8-9H,3-7H2,(H,13,16)(H,14,15,17)/t8-,9+/m1/s1. The molecule has 3 amide bonds. The molecule has 1 heterocycles. The van der Waals surface area contributed by atoms with Crippen LogP contribution in [0.2, 0.25) is 0 Å². The minimum absolute atomic E-state index is 0.0366. The molecule has 1 aliphatic carbocycles. The van der Waals surface area contributed by atoms with E-state index in [0.29, 0.717) is 12.8 Å². The molecule has 1 aliphatic heterocycles. The highest BCUT2D eigenvalue weighted by atomic mass is 16.2. The maximum absolute atomic E-state index is 11.9. The Kier molecular flexibility index (Phi) is 3.56. The van der Waals surface area contributed by atoms with Gasteiger partial charge in [0.2, 0.25) is 17.7 Å². The highest BCUT2D eigenvalue weighted by Crippen LogP contribution is 2.18. The van der Waals surface area contributed by atoms with E-state index in [0.717, 1.165) is 19.3 Å². The van der Waals surface area contributed by atoms with E-state index in [1.165, 1.54) is 0 Å². The lowest BCUT2D eigenvalue weighted by atomic mass is 9.93. The lowest BCUT2D eigenvalue weighted by Crippen LogP contribution is -2.53. The number of hydrogen-bond acceptors (Lipinski definition) is 3. The zero-order valence-electron chi connectivity index (χ0n) is 9.57. The molecular formula is C12H16N2O3. The quantitative estimate of drug-likeness (QED) is 0.533. The molecule has 0 saturated carbocycles. The first-order valence-corrected chi connectivity index (χ1v) is 5.96. The van der Waals surface area contributed by atoms with Crippen molar-refractivity contribution in [2.75, 3.05) is 0 Å². The Labute approximate surface area is 99.6 Å². The van der Waals surface area contributed by atoms with Gasteiger partial charge in [-0.1, -0.05) is 12.2 Å². The molecule has 1 saturated heterocycles. The molecule has 2 aliphatic rings. The molecule has 2 rings (SSSR count). The molecule has 0 radical (unpaired) electrons. The first-order valence-electron chi connectivity index (χ1n) is 5.96. The van der Waals surface area contributed by atoms with Crippen molar-refractivity contribution < 1.29 is 14.4 Å². The predicted molar refractivity (Wildman–Crippen MR) is 60.8 cm³/mol. The minimum Gasteiger partial charge on any atom is -0.344 e. The van der Waals surface area contributed by atoms with E-state index < -0.39 is 6.04 Å². The third-order valence-electron chi connectivity index (χ3n) is 3.20. The number of nitrogens with one attached hydrogen (secondary N) is 2. The van der Waals surface area contributed by atoms with Crippen LogP contribution in [0.5, 0.6) is 0 Å². The highest BCUT2D eigenvalue weighted by molar-refractivity contribution is 6.01. The van der Waals surface area contributed by atoms with Crippen LogP contribution in [0.25, 0.3) is 0 Å². The molecule has 2 N–H and O–H groups in total. The van der Waals surface area contributed by atoms with Crippen LogP contribution in [0.4, 0.5) is 0 Å². The van der Waals surface area contributed by atoms with E-state index in [2.05, 4.69) is 16.7 Å². The monoisotopic (exact) mass is 236 g/mol. The highest BCUT2D eigenvalue weighted by Gasteiger charge is 2.29. The van der Waals surface area contributed by atoms with Crippen molar-refractivity contribution in [3.05, 3.63) is 12.2 Å². The normalized spacial score (nSPS) is 28.7. The van der Waals surface area contributed by atoms with Gasteiger partial charge in [-0.2, -0.15) is 0 Å². The summed E-state index contributed by atoms with van der Waals surface area (Å²) in [6.07, 6.45) is 7.23. The van der Waals surface area contributed by atoms with E-state index in [1.807, 2.05) is 6.08 Å². The molecule has 0 aromatic rings. The van der Waals surface area contributed by atoms with Crippen LogP contribution in [0.15, 0.2) is 12.2 Å². The molecule has 0 aromatic carbocycles. The van der Waals surface area contributed by atoms with Crippen LogP contribution in [0.3, 0.4) is 0 Å². The maximum Gasteiger partial charge on any atom is 0.249 e. The molecule has 0 spiro atoms. The van der Waals surface area contributed by atoms with E-state index in [-0.39, 0.29) is 23.6 Å². The largest absolute Gasteiger partial charge is 0.344 e. The minimum atomic E-state index is -0.550. The average molecular weight is 236 g/mol. The van der Waals surface area contributed by atoms with Gasteiger partial charge in [0.15, 0.2) is 0 Å². The molecule has 92 valence electrons. The van der Waals surface area contributed by atoms with Gasteiger partial charge in [-0.3, -0.25) is 19.7 Å². The summed E-state index contributed by atoms with van der Waals surface area (Å²) in [6.45, 7) is 0. The number of piperidine rings is 1. The van der Waals surface area contributed by atoms with Gasteiger partial charge in [0.05, 0.1) is 0 Å². The summed E-state index contributed by atoms with van der Waals surface area (Å²) in [7, 11) is 0. The summed E-state index contributed by atoms with van der Waals surface area (Å²) in [4.78, 5) is 34.3. The Morgan fingerprint density at radius 2 is 2.12 bits per heavy atom. The summed E-state index contributed by atoms with van der Waals surface area (Å²) in [5, 5.41) is 4.95. The number of carbonyl (C=O) groups is 3. The van der Waals surface area contributed by atoms with Gasteiger partial charge in [-0.15, -0.1) is 0 Å². The number of hydrogen-bond donors (Lipinski definition) is 2. The average Bonchev–Trinajstić information content (AvgIpc) is 2.34. The van der Waals surface area contributed by atoms with Crippen LogP contribution in [0.1, 0.15) is 32.1 Å². The van der Waals surface area contributed by atoms with Crippen molar-refractivity contribution in [1.29, 1.82) is 0 Å². The van der Waals surface area contributed by atoms with Gasteiger partial charge in [-0.05, 0) is 25.7 Å². The van der Waals surface area contributed by atoms with Gasteiger partial charge in [0.25, 0.3) is 0 Å². The summed E-state index contributed by atoms with van der Waals surface area (Å²) in [5.41, 5.74) is 0. The fourth-order valence-electron chi connectivity index (χ4n) is 2.15. The van der Waals surface area contributed by atoms with Gasteiger partial charge in [0, 0.05) is 12.3 Å². The first kappa shape index (κ1) is 11.8. The Morgan fingerprint density at radius 1 is 1.29 bits per heavy atom. The molecule has 0 unspecified atom stereocenters. The summed E-state index contributed by atoms with van der Waals surface area (Å²) < 4.78 is 0. The van der Waals surface area contributed by atoms with Crippen molar-refractivity contribution in [1.82, 2.24) is 10.6 Å². The van der Waals surface area contributed by atoms with Crippen LogP contribution in [-0.4, -0.2) is 23.8 Å². The van der Waals surface area contributed by atoms with Crippen molar-refractivity contribution >= 4 is 17.7 Å². The first-order chi connectivity index (χ1) is 8.16. The molecule has 0 bridgehead atoms. The zero-order valence-corrected chi connectivity index (χ0v) is 9.57. The Bertz CT molecular complexity index is 376. The smallest absolute Gasteiger partial charge is 0.249 e. The molecule has 5 heteroatoms. The van der Waals surface area contributed by atoms with Crippen LogP contribution < -0.4 is 10.6 Å². The lowest BCUT2D eigenvalue weighted by molar-refractivity contribution is -0.138. The van der Waals surface area contributed by atoms with Crippen LogP contribution in [-0.2, 0) is 14.4 Å². The summed E-state index contributed by atoms with van der Waals surface area (Å²) in [5.74, 6) is -0.767. The number of rotatable bonds is 2. The molecule has 0 aromatic heterocycles.